The molecule has 1 amide bonds. The number of halogens is 1. The number of hydrogen-bond donors (Lipinski definition) is 2. The fourth-order valence-corrected chi connectivity index (χ4v) is 2.00. The molecule has 24 heavy (non-hydrogen) atoms. The van der Waals surface area contributed by atoms with E-state index in [1.165, 1.54) is 13.3 Å². The van der Waals surface area contributed by atoms with Crippen molar-refractivity contribution in [2.24, 2.45) is 0 Å². The number of aromatic nitrogens is 1. The largest absolute Gasteiger partial charge is 0.465 e. The number of nitrogens with one attached hydrogen (secondary N) is 2. The maximum Gasteiger partial charge on any atom is 0.412 e. The second-order valence-corrected chi connectivity index (χ2v) is 5.00. The number of anilines is 3. The highest BCUT2D eigenvalue weighted by atomic mass is 35.5. The van der Waals surface area contributed by atoms with Crippen LogP contribution in [0.5, 0.6) is 0 Å². The number of carbonyl (C=O) groups is 2. The Hall–Kier alpha value is -2.80. The smallest absolute Gasteiger partial charge is 0.412 e. The van der Waals surface area contributed by atoms with Crippen molar-refractivity contribution in [2.75, 3.05) is 24.4 Å². The Morgan fingerprint density at radius 1 is 1.25 bits per heavy atom. The van der Waals surface area contributed by atoms with Crippen LogP contribution >= 0.6 is 11.6 Å². The number of esters is 1. The van der Waals surface area contributed by atoms with E-state index in [-0.39, 0.29) is 6.61 Å². The van der Waals surface area contributed by atoms with Crippen LogP contribution in [0.15, 0.2) is 36.5 Å². The summed E-state index contributed by atoms with van der Waals surface area (Å²) in [6, 6.07) is 8.07. The van der Waals surface area contributed by atoms with Gasteiger partial charge in [-0.25, -0.2) is 14.6 Å². The van der Waals surface area contributed by atoms with Gasteiger partial charge in [0.1, 0.15) is 5.82 Å². The summed E-state index contributed by atoms with van der Waals surface area (Å²) in [4.78, 5) is 27.0. The van der Waals surface area contributed by atoms with Crippen LogP contribution < -0.4 is 10.6 Å². The lowest BCUT2D eigenvalue weighted by Gasteiger charge is -2.10. The highest BCUT2D eigenvalue weighted by Crippen LogP contribution is 2.27. The van der Waals surface area contributed by atoms with E-state index in [4.69, 9.17) is 16.3 Å². The first-order valence-corrected chi connectivity index (χ1v) is 7.46. The second-order valence-electron chi connectivity index (χ2n) is 4.59. The van der Waals surface area contributed by atoms with Crippen LogP contribution in [-0.4, -0.2) is 30.8 Å². The van der Waals surface area contributed by atoms with Gasteiger partial charge in [-0.3, -0.25) is 5.32 Å². The van der Waals surface area contributed by atoms with E-state index in [1.54, 1.807) is 37.3 Å². The van der Waals surface area contributed by atoms with Crippen LogP contribution in [0.25, 0.3) is 0 Å². The molecule has 0 fully saturated rings. The minimum Gasteiger partial charge on any atom is -0.465 e. The van der Waals surface area contributed by atoms with E-state index >= 15 is 0 Å². The molecule has 0 bridgehead atoms. The first-order valence-electron chi connectivity index (χ1n) is 7.08. The van der Waals surface area contributed by atoms with E-state index in [1.807, 2.05) is 0 Å². The summed E-state index contributed by atoms with van der Waals surface area (Å²) in [6.07, 6.45) is 0.947. The number of hydrogen-bond acceptors (Lipinski definition) is 6. The van der Waals surface area contributed by atoms with E-state index < -0.39 is 12.1 Å². The third kappa shape index (κ3) is 4.60. The lowest BCUT2D eigenvalue weighted by Crippen LogP contribution is -2.14. The van der Waals surface area contributed by atoms with Gasteiger partial charge in [0.15, 0.2) is 0 Å². The molecular weight excluding hydrogens is 334 g/mol. The minimum atomic E-state index is -0.570. The van der Waals surface area contributed by atoms with Crippen LogP contribution in [0.1, 0.15) is 17.3 Å². The maximum absolute atomic E-state index is 11.6. The van der Waals surface area contributed by atoms with Crippen molar-refractivity contribution in [1.82, 2.24) is 4.98 Å². The molecule has 0 aliphatic carbocycles. The Balaban J connectivity index is 2.11. The van der Waals surface area contributed by atoms with Crippen LogP contribution in [0.2, 0.25) is 5.02 Å². The second kappa shape index (κ2) is 8.16. The van der Waals surface area contributed by atoms with Crippen molar-refractivity contribution in [2.45, 2.75) is 6.92 Å². The Morgan fingerprint density at radius 3 is 2.67 bits per heavy atom. The number of nitrogens with zero attached hydrogens (tertiary/aromatic N) is 1. The van der Waals surface area contributed by atoms with Gasteiger partial charge in [-0.1, -0.05) is 11.6 Å². The zero-order chi connectivity index (χ0) is 17.5. The quantitative estimate of drug-likeness (QED) is 0.797. The van der Waals surface area contributed by atoms with Crippen molar-refractivity contribution in [1.29, 1.82) is 0 Å². The maximum atomic E-state index is 11.6. The molecule has 2 N–H and O–H groups in total. The zero-order valence-corrected chi connectivity index (χ0v) is 13.9. The molecule has 0 atom stereocenters. The number of benzene rings is 1. The Morgan fingerprint density at radius 2 is 2.04 bits per heavy atom. The summed E-state index contributed by atoms with van der Waals surface area (Å²) >= 11 is 6.12. The molecule has 126 valence electrons. The van der Waals surface area contributed by atoms with Crippen LogP contribution in [0.3, 0.4) is 0 Å². The molecule has 0 saturated carbocycles. The van der Waals surface area contributed by atoms with Crippen LogP contribution in [0.4, 0.5) is 22.0 Å². The van der Waals surface area contributed by atoms with Gasteiger partial charge in [-0.2, -0.15) is 0 Å². The van der Waals surface area contributed by atoms with Gasteiger partial charge in [0, 0.05) is 0 Å². The SMILES string of the molecule is CCOC(=O)Nc1ccc(Nc2cc(C(=O)OC)ccc2Cl)cn1. The van der Waals surface area contributed by atoms with Crippen molar-refractivity contribution in [3.05, 3.63) is 47.1 Å². The van der Waals surface area contributed by atoms with E-state index in [2.05, 4.69) is 20.4 Å². The molecule has 2 rings (SSSR count). The van der Waals surface area contributed by atoms with Crippen molar-refractivity contribution < 1.29 is 19.1 Å². The minimum absolute atomic E-state index is 0.278. The molecule has 1 aromatic carbocycles. The Labute approximate surface area is 143 Å². The predicted molar refractivity (Wildman–Crippen MR) is 91.0 cm³/mol. The van der Waals surface area contributed by atoms with Gasteiger partial charge in [0.25, 0.3) is 0 Å². The summed E-state index contributed by atoms with van der Waals surface area (Å²) in [7, 11) is 1.31. The molecule has 0 saturated heterocycles. The van der Waals surface area contributed by atoms with E-state index in [0.29, 0.717) is 27.8 Å². The van der Waals surface area contributed by atoms with Crippen LogP contribution in [-0.2, 0) is 9.47 Å². The van der Waals surface area contributed by atoms with Crippen molar-refractivity contribution >= 4 is 40.9 Å². The van der Waals surface area contributed by atoms with E-state index in [0.717, 1.165) is 0 Å². The molecule has 0 aliphatic heterocycles. The number of rotatable bonds is 5. The summed E-state index contributed by atoms with van der Waals surface area (Å²) in [5.74, 6) is -0.102. The fraction of sp³-hybridized carbons (Fsp3) is 0.188. The molecule has 7 nitrogen and oxygen atoms in total. The number of carbonyl (C=O) groups excluding carboxylic acids is 2. The van der Waals surface area contributed by atoms with Gasteiger partial charge >= 0.3 is 12.1 Å². The molecule has 0 aliphatic rings. The topological polar surface area (TPSA) is 89.6 Å². The van der Waals surface area contributed by atoms with Gasteiger partial charge in [0.2, 0.25) is 0 Å². The standard InChI is InChI=1S/C16H16ClN3O4/c1-3-24-16(22)20-14-7-5-11(9-18-14)19-13-8-10(15(21)23-2)4-6-12(13)17/h4-9,19H,3H2,1-2H3,(H,18,20,22). The van der Waals surface area contributed by atoms with Gasteiger partial charge in [0.05, 0.1) is 41.9 Å². The molecular formula is C16H16ClN3O4. The Bertz CT molecular complexity index is 735. The summed E-state index contributed by atoms with van der Waals surface area (Å²) in [6.45, 7) is 1.99. The average molecular weight is 350 g/mol. The highest BCUT2D eigenvalue weighted by Gasteiger charge is 2.09. The van der Waals surface area contributed by atoms with Gasteiger partial charge in [-0.05, 0) is 37.3 Å². The normalized spacial score (nSPS) is 9.96. The van der Waals surface area contributed by atoms with Crippen LogP contribution in [0, 0.1) is 0 Å². The number of methoxy groups -OCH3 is 1. The first kappa shape index (κ1) is 17.6. The highest BCUT2D eigenvalue weighted by molar-refractivity contribution is 6.33. The van der Waals surface area contributed by atoms with Gasteiger partial charge < -0.3 is 14.8 Å². The first-order chi connectivity index (χ1) is 11.5. The predicted octanol–water partition coefficient (Wildman–Crippen LogP) is 3.83. The molecule has 0 radical (unpaired) electrons. The third-order valence-electron chi connectivity index (χ3n) is 2.94. The fourth-order valence-electron chi connectivity index (χ4n) is 1.83. The Kier molecular flexibility index (Phi) is 5.97. The molecule has 1 aromatic heterocycles. The number of amides is 1. The molecule has 1 heterocycles. The molecule has 2 aromatic rings. The number of ether oxygens (including phenoxy) is 2. The average Bonchev–Trinajstić information content (AvgIpc) is 2.58. The summed E-state index contributed by atoms with van der Waals surface area (Å²) in [5, 5.41) is 5.98. The number of pyridine rings is 1. The summed E-state index contributed by atoms with van der Waals surface area (Å²) < 4.78 is 9.45. The zero-order valence-electron chi connectivity index (χ0n) is 13.1. The van der Waals surface area contributed by atoms with Crippen molar-refractivity contribution in [3.63, 3.8) is 0 Å². The van der Waals surface area contributed by atoms with Gasteiger partial charge in [-0.15, -0.1) is 0 Å². The van der Waals surface area contributed by atoms with Crippen molar-refractivity contribution in [3.8, 4) is 0 Å². The molecule has 0 spiro atoms. The lowest BCUT2D eigenvalue weighted by molar-refractivity contribution is 0.0600. The van der Waals surface area contributed by atoms with E-state index in [9.17, 15) is 9.59 Å². The summed E-state index contributed by atoms with van der Waals surface area (Å²) in [5.41, 5.74) is 1.54. The monoisotopic (exact) mass is 349 g/mol. The molecule has 0 unspecified atom stereocenters. The lowest BCUT2D eigenvalue weighted by atomic mass is 10.2. The molecule has 8 heteroatoms. The third-order valence-corrected chi connectivity index (χ3v) is 3.27.